The number of nitrogens with zero attached hydrogens (tertiary/aromatic N) is 1. The Morgan fingerprint density at radius 2 is 1.92 bits per heavy atom. The minimum absolute atomic E-state index is 0.673. The quantitative estimate of drug-likeness (QED) is 0.687. The van der Waals surface area contributed by atoms with Gasteiger partial charge >= 0.3 is 0 Å². The summed E-state index contributed by atoms with van der Waals surface area (Å²) in [5.41, 5.74) is 0. The molecule has 2 nitrogen and oxygen atoms in total. The van der Waals surface area contributed by atoms with Gasteiger partial charge in [0.1, 0.15) is 0 Å². The topological polar surface area (TPSA) is 15.3 Å². The van der Waals surface area contributed by atoms with Crippen LogP contribution in [0.2, 0.25) is 0 Å². The van der Waals surface area contributed by atoms with Crippen molar-refractivity contribution in [2.45, 2.75) is 38.6 Å². The van der Waals surface area contributed by atoms with Gasteiger partial charge in [-0.05, 0) is 52.9 Å². The van der Waals surface area contributed by atoms with Gasteiger partial charge in [0, 0.05) is 6.04 Å². The second-order valence-corrected chi connectivity index (χ2v) is 3.88. The van der Waals surface area contributed by atoms with E-state index in [0.717, 1.165) is 0 Å². The van der Waals surface area contributed by atoms with Gasteiger partial charge in [-0.15, -0.1) is 0 Å². The first-order valence-corrected chi connectivity index (χ1v) is 5.22. The third kappa shape index (κ3) is 3.55. The molecule has 2 heteroatoms. The summed E-state index contributed by atoms with van der Waals surface area (Å²) in [7, 11) is 2.04. The van der Waals surface area contributed by atoms with Crippen LogP contribution in [0.1, 0.15) is 32.6 Å². The lowest BCUT2D eigenvalue weighted by atomic mass is 10.1. The van der Waals surface area contributed by atoms with Crippen LogP contribution in [0.3, 0.4) is 0 Å². The van der Waals surface area contributed by atoms with Gasteiger partial charge in [0.25, 0.3) is 0 Å². The molecule has 1 fully saturated rings. The number of piperidine rings is 1. The minimum atomic E-state index is 0.673. The lowest BCUT2D eigenvalue weighted by molar-refractivity contribution is 0.219. The molecular weight excluding hydrogens is 148 g/mol. The van der Waals surface area contributed by atoms with Crippen molar-refractivity contribution in [1.82, 2.24) is 10.2 Å². The SMILES string of the molecule is CNC(C)CCN1CCCCC1. The van der Waals surface area contributed by atoms with Crippen LogP contribution in [0.4, 0.5) is 0 Å². The Kier molecular flexibility index (Phi) is 4.62. The summed E-state index contributed by atoms with van der Waals surface area (Å²) in [5.74, 6) is 0. The van der Waals surface area contributed by atoms with Crippen LogP contribution in [0.15, 0.2) is 0 Å². The number of likely N-dealkylation sites (tertiary alicyclic amines) is 1. The standard InChI is InChI=1S/C10H22N2/c1-10(11-2)6-9-12-7-4-3-5-8-12/h10-11H,3-9H2,1-2H3. The van der Waals surface area contributed by atoms with Crippen LogP contribution in [-0.2, 0) is 0 Å². The number of hydrogen-bond acceptors (Lipinski definition) is 2. The van der Waals surface area contributed by atoms with E-state index in [1.807, 2.05) is 7.05 Å². The molecule has 0 aromatic rings. The molecule has 1 aliphatic heterocycles. The van der Waals surface area contributed by atoms with Crippen molar-refractivity contribution in [3.63, 3.8) is 0 Å². The molecule has 0 aromatic carbocycles. The molecule has 1 atom stereocenters. The summed E-state index contributed by atoms with van der Waals surface area (Å²) in [5, 5.41) is 3.28. The van der Waals surface area contributed by atoms with E-state index in [-0.39, 0.29) is 0 Å². The molecule has 0 spiro atoms. The molecule has 72 valence electrons. The third-order valence-corrected chi connectivity index (χ3v) is 2.82. The summed E-state index contributed by atoms with van der Waals surface area (Å²) in [4.78, 5) is 2.59. The van der Waals surface area contributed by atoms with Crippen molar-refractivity contribution >= 4 is 0 Å². The normalized spacial score (nSPS) is 22.5. The lowest BCUT2D eigenvalue weighted by Gasteiger charge is -2.27. The second kappa shape index (κ2) is 5.55. The monoisotopic (exact) mass is 170 g/mol. The highest BCUT2D eigenvalue weighted by molar-refractivity contribution is 4.67. The van der Waals surface area contributed by atoms with E-state index in [4.69, 9.17) is 0 Å². The van der Waals surface area contributed by atoms with Gasteiger partial charge < -0.3 is 10.2 Å². The molecule has 1 heterocycles. The Labute approximate surface area is 76.3 Å². The summed E-state index contributed by atoms with van der Waals surface area (Å²) in [6.07, 6.45) is 5.55. The predicted octanol–water partition coefficient (Wildman–Crippen LogP) is 1.47. The Morgan fingerprint density at radius 3 is 2.50 bits per heavy atom. The fraction of sp³-hybridized carbons (Fsp3) is 1.00. The highest BCUT2D eigenvalue weighted by atomic mass is 15.1. The van der Waals surface area contributed by atoms with Crippen LogP contribution >= 0.6 is 0 Å². The fourth-order valence-corrected chi connectivity index (χ4v) is 1.70. The molecule has 0 saturated carbocycles. The van der Waals surface area contributed by atoms with Gasteiger partial charge in [-0.25, -0.2) is 0 Å². The smallest absolute Gasteiger partial charge is 0.00479 e. The Bertz CT molecular complexity index is 108. The first-order valence-electron chi connectivity index (χ1n) is 5.22. The molecular formula is C10H22N2. The average Bonchev–Trinajstić information content (AvgIpc) is 2.16. The molecule has 0 bridgehead atoms. The zero-order valence-electron chi connectivity index (χ0n) is 8.47. The largest absolute Gasteiger partial charge is 0.317 e. The Morgan fingerprint density at radius 1 is 1.25 bits per heavy atom. The highest BCUT2D eigenvalue weighted by Gasteiger charge is 2.10. The highest BCUT2D eigenvalue weighted by Crippen LogP contribution is 2.09. The van der Waals surface area contributed by atoms with E-state index in [9.17, 15) is 0 Å². The van der Waals surface area contributed by atoms with Gasteiger partial charge in [0.15, 0.2) is 0 Å². The predicted molar refractivity (Wildman–Crippen MR) is 53.4 cm³/mol. The number of rotatable bonds is 4. The average molecular weight is 170 g/mol. The van der Waals surface area contributed by atoms with Crippen molar-refractivity contribution in [3.8, 4) is 0 Å². The number of hydrogen-bond donors (Lipinski definition) is 1. The molecule has 0 radical (unpaired) electrons. The van der Waals surface area contributed by atoms with Crippen LogP contribution in [0, 0.1) is 0 Å². The van der Waals surface area contributed by atoms with Gasteiger partial charge in [-0.2, -0.15) is 0 Å². The van der Waals surface area contributed by atoms with Crippen molar-refractivity contribution < 1.29 is 0 Å². The molecule has 0 aliphatic carbocycles. The summed E-state index contributed by atoms with van der Waals surface area (Å²) in [6.45, 7) is 6.19. The Hall–Kier alpha value is -0.0800. The molecule has 1 unspecified atom stereocenters. The molecule has 0 amide bonds. The zero-order chi connectivity index (χ0) is 8.81. The fourth-order valence-electron chi connectivity index (χ4n) is 1.70. The molecule has 0 aromatic heterocycles. The summed E-state index contributed by atoms with van der Waals surface area (Å²) in [6, 6.07) is 0.673. The van der Waals surface area contributed by atoms with E-state index >= 15 is 0 Å². The molecule has 1 aliphatic rings. The summed E-state index contributed by atoms with van der Waals surface area (Å²) < 4.78 is 0. The van der Waals surface area contributed by atoms with Gasteiger partial charge in [-0.1, -0.05) is 6.42 Å². The first kappa shape index (κ1) is 10.0. The maximum absolute atomic E-state index is 3.28. The van der Waals surface area contributed by atoms with Gasteiger partial charge in [0.2, 0.25) is 0 Å². The van der Waals surface area contributed by atoms with Crippen LogP contribution in [-0.4, -0.2) is 37.6 Å². The minimum Gasteiger partial charge on any atom is -0.317 e. The first-order chi connectivity index (χ1) is 5.83. The van der Waals surface area contributed by atoms with Crippen molar-refractivity contribution in [2.75, 3.05) is 26.7 Å². The summed E-state index contributed by atoms with van der Waals surface area (Å²) >= 11 is 0. The van der Waals surface area contributed by atoms with Gasteiger partial charge in [0.05, 0.1) is 0 Å². The van der Waals surface area contributed by atoms with E-state index in [1.54, 1.807) is 0 Å². The molecule has 1 saturated heterocycles. The molecule has 12 heavy (non-hydrogen) atoms. The number of nitrogens with one attached hydrogen (secondary N) is 1. The third-order valence-electron chi connectivity index (χ3n) is 2.82. The van der Waals surface area contributed by atoms with Crippen molar-refractivity contribution in [2.24, 2.45) is 0 Å². The van der Waals surface area contributed by atoms with Gasteiger partial charge in [-0.3, -0.25) is 0 Å². The van der Waals surface area contributed by atoms with Crippen molar-refractivity contribution in [3.05, 3.63) is 0 Å². The van der Waals surface area contributed by atoms with E-state index in [2.05, 4.69) is 17.1 Å². The Balaban J connectivity index is 2.05. The molecule has 1 rings (SSSR count). The zero-order valence-corrected chi connectivity index (χ0v) is 8.47. The second-order valence-electron chi connectivity index (χ2n) is 3.88. The van der Waals surface area contributed by atoms with Crippen LogP contribution in [0.25, 0.3) is 0 Å². The van der Waals surface area contributed by atoms with Crippen LogP contribution < -0.4 is 5.32 Å². The lowest BCUT2D eigenvalue weighted by Crippen LogP contribution is -2.34. The molecule has 1 N–H and O–H groups in total. The van der Waals surface area contributed by atoms with E-state index in [1.165, 1.54) is 45.3 Å². The van der Waals surface area contributed by atoms with E-state index in [0.29, 0.717) is 6.04 Å². The maximum atomic E-state index is 3.28. The maximum Gasteiger partial charge on any atom is 0.00479 e. The van der Waals surface area contributed by atoms with Crippen LogP contribution in [0.5, 0.6) is 0 Å². The van der Waals surface area contributed by atoms with E-state index < -0.39 is 0 Å². The van der Waals surface area contributed by atoms with Crippen molar-refractivity contribution in [1.29, 1.82) is 0 Å².